The first-order valence-corrected chi connectivity index (χ1v) is 10.6. The van der Waals surface area contributed by atoms with Crippen molar-refractivity contribution in [1.82, 2.24) is 0 Å². The van der Waals surface area contributed by atoms with Gasteiger partial charge >= 0.3 is 0 Å². The van der Waals surface area contributed by atoms with Gasteiger partial charge in [-0.3, -0.25) is 9.59 Å². The van der Waals surface area contributed by atoms with Crippen LogP contribution in [0, 0.1) is 13.8 Å². The molecule has 0 spiro atoms. The molecular weight excluding hydrogens is 396 g/mol. The summed E-state index contributed by atoms with van der Waals surface area (Å²) in [5.41, 5.74) is 3.79. The van der Waals surface area contributed by atoms with Crippen LogP contribution in [0.15, 0.2) is 77.7 Å². The second-order valence-electron chi connectivity index (χ2n) is 6.81. The molecule has 3 rings (SSSR count). The molecule has 6 heteroatoms. The lowest BCUT2D eigenvalue weighted by atomic mass is 10.1. The summed E-state index contributed by atoms with van der Waals surface area (Å²) in [5.74, 6) is 0.607. The zero-order valence-corrected chi connectivity index (χ0v) is 17.8. The van der Waals surface area contributed by atoms with E-state index in [1.165, 1.54) is 17.3 Å². The number of benzene rings is 3. The normalized spacial score (nSPS) is 10.3. The lowest BCUT2D eigenvalue weighted by molar-refractivity contribution is -0.118. The molecule has 0 radical (unpaired) electrons. The molecule has 0 aliphatic rings. The second-order valence-corrected chi connectivity index (χ2v) is 7.86. The topological polar surface area (TPSA) is 67.4 Å². The van der Waals surface area contributed by atoms with Gasteiger partial charge in [0.15, 0.2) is 6.61 Å². The minimum absolute atomic E-state index is 0.0697. The molecule has 3 aromatic rings. The molecule has 0 aliphatic carbocycles. The van der Waals surface area contributed by atoms with E-state index in [1.54, 1.807) is 18.2 Å². The highest BCUT2D eigenvalue weighted by atomic mass is 32.2. The first-order chi connectivity index (χ1) is 14.5. The molecule has 0 atom stereocenters. The smallest absolute Gasteiger partial charge is 0.262 e. The van der Waals surface area contributed by atoms with Crippen LogP contribution >= 0.6 is 11.8 Å². The van der Waals surface area contributed by atoms with E-state index < -0.39 is 0 Å². The third-order valence-corrected chi connectivity index (χ3v) is 5.39. The molecule has 0 aliphatic heterocycles. The molecule has 2 N–H and O–H groups in total. The van der Waals surface area contributed by atoms with Crippen molar-refractivity contribution >= 4 is 35.0 Å². The van der Waals surface area contributed by atoms with Crippen LogP contribution in [0.25, 0.3) is 0 Å². The van der Waals surface area contributed by atoms with Gasteiger partial charge in [0.1, 0.15) is 5.75 Å². The number of rotatable bonds is 8. The lowest BCUT2D eigenvalue weighted by Gasteiger charge is -2.09. The summed E-state index contributed by atoms with van der Waals surface area (Å²) in [6.07, 6.45) is 0. The summed E-state index contributed by atoms with van der Waals surface area (Å²) in [6, 6.07) is 22.4. The fourth-order valence-corrected chi connectivity index (χ4v) is 3.45. The quantitative estimate of drug-likeness (QED) is 0.500. The van der Waals surface area contributed by atoms with Crippen molar-refractivity contribution in [3.63, 3.8) is 0 Å². The predicted molar refractivity (Wildman–Crippen MR) is 122 cm³/mol. The van der Waals surface area contributed by atoms with Crippen LogP contribution < -0.4 is 15.4 Å². The van der Waals surface area contributed by atoms with Gasteiger partial charge in [0.2, 0.25) is 5.91 Å². The van der Waals surface area contributed by atoms with Gasteiger partial charge in [-0.15, -0.1) is 11.8 Å². The number of carbonyl (C=O) groups is 2. The fraction of sp³-hybridized carbons (Fsp3) is 0.167. The molecule has 0 unspecified atom stereocenters. The molecule has 30 heavy (non-hydrogen) atoms. The molecule has 5 nitrogen and oxygen atoms in total. The Labute approximate surface area is 180 Å². The van der Waals surface area contributed by atoms with Crippen LogP contribution in [0.1, 0.15) is 11.1 Å². The van der Waals surface area contributed by atoms with Crippen molar-refractivity contribution in [3.8, 4) is 5.75 Å². The molecular formula is C24H24N2O3S. The largest absolute Gasteiger partial charge is 0.484 e. The van der Waals surface area contributed by atoms with Gasteiger partial charge in [-0.2, -0.15) is 0 Å². The van der Waals surface area contributed by atoms with Crippen molar-refractivity contribution in [1.29, 1.82) is 0 Å². The Morgan fingerprint density at radius 2 is 1.53 bits per heavy atom. The number of hydrogen-bond donors (Lipinski definition) is 2. The zero-order chi connectivity index (χ0) is 21.3. The van der Waals surface area contributed by atoms with E-state index in [4.69, 9.17) is 4.74 Å². The standard InChI is InChI=1S/C24H24N2O3S/c1-17-11-12-20(13-18(17)2)26-24(28)16-30-22-10-6-7-19(14-22)25-23(27)15-29-21-8-4-3-5-9-21/h3-14H,15-16H2,1-2H3,(H,25,27)(H,26,28). The van der Waals surface area contributed by atoms with E-state index in [1.807, 2.05) is 68.4 Å². The van der Waals surface area contributed by atoms with Crippen LogP contribution in [-0.2, 0) is 9.59 Å². The van der Waals surface area contributed by atoms with Gasteiger partial charge in [-0.1, -0.05) is 30.3 Å². The predicted octanol–water partition coefficient (Wildman–Crippen LogP) is 5.05. The number of ether oxygens (including phenoxy) is 1. The summed E-state index contributed by atoms with van der Waals surface area (Å²) < 4.78 is 5.45. The SMILES string of the molecule is Cc1ccc(NC(=O)CSc2cccc(NC(=O)COc3ccccc3)c2)cc1C. The minimum atomic E-state index is -0.242. The first-order valence-electron chi connectivity index (χ1n) is 9.57. The maximum absolute atomic E-state index is 12.2. The van der Waals surface area contributed by atoms with Crippen molar-refractivity contribution in [2.75, 3.05) is 23.0 Å². The number of carbonyl (C=O) groups excluding carboxylic acids is 2. The van der Waals surface area contributed by atoms with Crippen molar-refractivity contribution in [2.45, 2.75) is 18.7 Å². The summed E-state index contributed by atoms with van der Waals surface area (Å²) >= 11 is 1.41. The molecule has 3 aromatic carbocycles. The summed E-state index contributed by atoms with van der Waals surface area (Å²) in [7, 11) is 0. The Morgan fingerprint density at radius 1 is 0.800 bits per heavy atom. The molecule has 0 aromatic heterocycles. The third-order valence-electron chi connectivity index (χ3n) is 4.39. The maximum Gasteiger partial charge on any atom is 0.262 e. The highest BCUT2D eigenvalue weighted by Crippen LogP contribution is 2.22. The van der Waals surface area contributed by atoms with Gasteiger partial charge in [-0.25, -0.2) is 0 Å². The molecule has 0 heterocycles. The molecule has 154 valence electrons. The van der Waals surface area contributed by atoms with Crippen LogP contribution in [0.4, 0.5) is 11.4 Å². The number of anilines is 2. The average molecular weight is 421 g/mol. The third kappa shape index (κ3) is 6.67. The Morgan fingerprint density at radius 3 is 2.30 bits per heavy atom. The Hall–Kier alpha value is -3.25. The number of aryl methyl sites for hydroxylation is 2. The molecule has 0 saturated heterocycles. The number of para-hydroxylation sites is 1. The molecule has 0 fully saturated rings. The minimum Gasteiger partial charge on any atom is -0.484 e. The maximum atomic E-state index is 12.2. The van der Waals surface area contributed by atoms with E-state index >= 15 is 0 Å². The number of hydrogen-bond acceptors (Lipinski definition) is 4. The van der Waals surface area contributed by atoms with E-state index in [-0.39, 0.29) is 24.2 Å². The van der Waals surface area contributed by atoms with E-state index in [9.17, 15) is 9.59 Å². The Bertz CT molecular complexity index is 1020. The Balaban J connectivity index is 1.48. The lowest BCUT2D eigenvalue weighted by Crippen LogP contribution is -2.20. The molecule has 0 bridgehead atoms. The fourth-order valence-electron chi connectivity index (χ4n) is 2.69. The summed E-state index contributed by atoms with van der Waals surface area (Å²) in [4.78, 5) is 25.3. The van der Waals surface area contributed by atoms with Crippen LogP contribution in [-0.4, -0.2) is 24.2 Å². The van der Waals surface area contributed by atoms with Crippen molar-refractivity contribution in [2.24, 2.45) is 0 Å². The average Bonchev–Trinajstić information content (AvgIpc) is 2.74. The van der Waals surface area contributed by atoms with Gasteiger partial charge in [0, 0.05) is 16.3 Å². The highest BCUT2D eigenvalue weighted by Gasteiger charge is 2.07. The van der Waals surface area contributed by atoms with E-state index in [0.29, 0.717) is 11.4 Å². The van der Waals surface area contributed by atoms with Gasteiger partial charge in [0.05, 0.1) is 5.75 Å². The second kappa shape index (κ2) is 10.5. The Kier molecular flexibility index (Phi) is 7.51. The molecule has 0 saturated carbocycles. The number of amides is 2. The van der Waals surface area contributed by atoms with Gasteiger partial charge in [0.25, 0.3) is 5.91 Å². The molecule has 2 amide bonds. The van der Waals surface area contributed by atoms with Crippen molar-refractivity contribution in [3.05, 3.63) is 83.9 Å². The van der Waals surface area contributed by atoms with Crippen molar-refractivity contribution < 1.29 is 14.3 Å². The summed E-state index contributed by atoms with van der Waals surface area (Å²) in [6.45, 7) is 3.99. The van der Waals surface area contributed by atoms with Gasteiger partial charge < -0.3 is 15.4 Å². The van der Waals surface area contributed by atoms with E-state index in [0.717, 1.165) is 16.1 Å². The van der Waals surface area contributed by atoms with Crippen LogP contribution in [0.5, 0.6) is 5.75 Å². The van der Waals surface area contributed by atoms with Crippen LogP contribution in [0.3, 0.4) is 0 Å². The monoisotopic (exact) mass is 420 g/mol. The van der Waals surface area contributed by atoms with Crippen LogP contribution in [0.2, 0.25) is 0 Å². The van der Waals surface area contributed by atoms with Gasteiger partial charge in [-0.05, 0) is 67.4 Å². The summed E-state index contributed by atoms with van der Waals surface area (Å²) in [5, 5.41) is 5.73. The van der Waals surface area contributed by atoms with E-state index in [2.05, 4.69) is 10.6 Å². The first kappa shape index (κ1) is 21.5. The zero-order valence-electron chi connectivity index (χ0n) is 17.0. The number of thioether (sulfide) groups is 1. The highest BCUT2D eigenvalue weighted by molar-refractivity contribution is 8.00. The number of nitrogens with one attached hydrogen (secondary N) is 2.